The number of aryl methyl sites for hydroxylation is 1. The van der Waals surface area contributed by atoms with Gasteiger partial charge in [0.05, 0.1) is 5.88 Å². The van der Waals surface area contributed by atoms with Crippen molar-refractivity contribution in [1.29, 1.82) is 0 Å². The largest absolute Gasteiger partial charge is 0.288 e. The van der Waals surface area contributed by atoms with Crippen molar-refractivity contribution in [1.82, 2.24) is 9.78 Å². The Bertz CT molecular complexity index is 281. The van der Waals surface area contributed by atoms with Crippen LogP contribution in [0.25, 0.3) is 0 Å². The van der Waals surface area contributed by atoms with Gasteiger partial charge in [0, 0.05) is 19.3 Å². The molecule has 0 spiro atoms. The third-order valence-corrected chi connectivity index (χ3v) is 1.38. The van der Waals surface area contributed by atoms with E-state index in [2.05, 4.69) is 5.10 Å². The van der Waals surface area contributed by atoms with Gasteiger partial charge >= 0.3 is 0 Å². The average molecular weight is 159 g/mol. The first kappa shape index (κ1) is 7.28. The van der Waals surface area contributed by atoms with E-state index in [-0.39, 0.29) is 11.3 Å². The molecule has 1 aromatic rings. The summed E-state index contributed by atoms with van der Waals surface area (Å²) < 4.78 is 1.55. The van der Waals surface area contributed by atoms with Crippen molar-refractivity contribution in [3.63, 3.8) is 0 Å². The fourth-order valence-corrected chi connectivity index (χ4v) is 0.823. The summed E-state index contributed by atoms with van der Waals surface area (Å²) in [5.74, 6) is 0.174. The lowest BCUT2D eigenvalue weighted by Gasteiger charge is -1.96. The summed E-state index contributed by atoms with van der Waals surface area (Å²) in [5.41, 5.74) is 0.291. The SMILES string of the molecule is Cn1ccc(=O)c(CCl)n1. The fraction of sp³-hybridized carbons (Fsp3) is 0.333. The highest BCUT2D eigenvalue weighted by Gasteiger charge is 1.96. The Hall–Kier alpha value is -0.830. The standard InChI is InChI=1S/C6H7ClN2O/c1-9-3-2-6(10)5(4-7)8-9/h2-3H,4H2,1H3. The monoisotopic (exact) mass is 158 g/mol. The summed E-state index contributed by atoms with van der Waals surface area (Å²) in [6, 6.07) is 1.45. The molecule has 0 amide bonds. The number of halogens is 1. The first-order chi connectivity index (χ1) is 4.74. The minimum absolute atomic E-state index is 0.104. The van der Waals surface area contributed by atoms with Crippen LogP contribution >= 0.6 is 11.6 Å². The van der Waals surface area contributed by atoms with Crippen molar-refractivity contribution in [2.75, 3.05) is 0 Å². The molecule has 0 radical (unpaired) electrons. The molecule has 4 heteroatoms. The third kappa shape index (κ3) is 1.36. The Morgan fingerprint density at radius 3 is 3.00 bits per heavy atom. The van der Waals surface area contributed by atoms with Crippen LogP contribution in [-0.4, -0.2) is 9.78 Å². The van der Waals surface area contributed by atoms with Gasteiger partial charge in [-0.1, -0.05) is 0 Å². The quantitative estimate of drug-likeness (QED) is 0.559. The highest BCUT2D eigenvalue weighted by atomic mass is 35.5. The van der Waals surface area contributed by atoms with Crippen LogP contribution in [0.1, 0.15) is 5.69 Å². The molecule has 0 aliphatic heterocycles. The highest BCUT2D eigenvalue weighted by molar-refractivity contribution is 6.16. The zero-order valence-electron chi connectivity index (χ0n) is 5.54. The summed E-state index contributed by atoms with van der Waals surface area (Å²) in [4.78, 5) is 10.8. The molecule has 0 bridgehead atoms. The van der Waals surface area contributed by atoms with E-state index in [1.807, 2.05) is 0 Å². The zero-order chi connectivity index (χ0) is 7.56. The van der Waals surface area contributed by atoms with Crippen LogP contribution in [0.3, 0.4) is 0 Å². The van der Waals surface area contributed by atoms with E-state index in [1.54, 1.807) is 17.9 Å². The van der Waals surface area contributed by atoms with Crippen molar-refractivity contribution in [2.45, 2.75) is 5.88 Å². The van der Waals surface area contributed by atoms with E-state index >= 15 is 0 Å². The molecule has 54 valence electrons. The van der Waals surface area contributed by atoms with Gasteiger partial charge in [0.25, 0.3) is 0 Å². The van der Waals surface area contributed by atoms with E-state index in [4.69, 9.17) is 11.6 Å². The maximum Gasteiger partial charge on any atom is 0.204 e. The lowest BCUT2D eigenvalue weighted by Crippen LogP contribution is -2.13. The van der Waals surface area contributed by atoms with Crippen molar-refractivity contribution in [2.24, 2.45) is 7.05 Å². The maximum absolute atomic E-state index is 10.8. The fourth-order valence-electron chi connectivity index (χ4n) is 0.637. The van der Waals surface area contributed by atoms with Gasteiger partial charge in [-0.3, -0.25) is 9.48 Å². The number of alkyl halides is 1. The van der Waals surface area contributed by atoms with Gasteiger partial charge in [-0.05, 0) is 0 Å². The predicted octanol–water partition coefficient (Wildman–Crippen LogP) is 0.519. The third-order valence-electron chi connectivity index (χ3n) is 1.13. The molecule has 0 saturated carbocycles. The summed E-state index contributed by atoms with van der Waals surface area (Å²) >= 11 is 5.43. The van der Waals surface area contributed by atoms with Gasteiger partial charge in [-0.2, -0.15) is 5.10 Å². The number of rotatable bonds is 1. The highest BCUT2D eigenvalue weighted by Crippen LogP contribution is 1.89. The van der Waals surface area contributed by atoms with E-state index in [1.165, 1.54) is 6.07 Å². The second-order valence-corrected chi connectivity index (χ2v) is 2.20. The predicted molar refractivity (Wildman–Crippen MR) is 39.0 cm³/mol. The van der Waals surface area contributed by atoms with Crippen molar-refractivity contribution in [3.8, 4) is 0 Å². The van der Waals surface area contributed by atoms with Crippen LogP contribution in [0.5, 0.6) is 0 Å². The summed E-state index contributed by atoms with van der Waals surface area (Å²) in [7, 11) is 1.75. The second kappa shape index (κ2) is 2.84. The van der Waals surface area contributed by atoms with E-state index in [0.29, 0.717) is 5.69 Å². The molecule has 0 unspecified atom stereocenters. The lowest BCUT2D eigenvalue weighted by molar-refractivity contribution is 0.713. The molecular weight excluding hydrogens is 152 g/mol. The number of hydrogen-bond donors (Lipinski definition) is 0. The molecule has 1 rings (SSSR count). The Labute approximate surface area is 63.2 Å². The molecule has 0 aromatic carbocycles. The summed E-state index contributed by atoms with van der Waals surface area (Å²) in [6.07, 6.45) is 1.60. The Kier molecular flexibility index (Phi) is 2.06. The Balaban J connectivity index is 3.22. The lowest BCUT2D eigenvalue weighted by atomic mass is 10.4. The minimum Gasteiger partial charge on any atom is -0.288 e. The normalized spacial score (nSPS) is 9.80. The van der Waals surface area contributed by atoms with Crippen LogP contribution < -0.4 is 5.43 Å². The van der Waals surface area contributed by atoms with Crippen LogP contribution in [0.4, 0.5) is 0 Å². The summed E-state index contributed by atoms with van der Waals surface area (Å²) in [6.45, 7) is 0. The van der Waals surface area contributed by atoms with Crippen LogP contribution in [-0.2, 0) is 12.9 Å². The maximum atomic E-state index is 10.8. The van der Waals surface area contributed by atoms with Gasteiger partial charge in [0.15, 0.2) is 0 Å². The van der Waals surface area contributed by atoms with Gasteiger partial charge < -0.3 is 0 Å². The average Bonchev–Trinajstić information content (AvgIpc) is 1.94. The molecule has 1 aromatic heterocycles. The van der Waals surface area contributed by atoms with Gasteiger partial charge in [-0.15, -0.1) is 11.6 Å². The summed E-state index contributed by atoms with van der Waals surface area (Å²) in [5, 5.41) is 3.86. The molecule has 0 atom stereocenters. The number of nitrogens with zero attached hydrogens (tertiary/aromatic N) is 2. The molecular formula is C6H7ClN2O. The smallest absolute Gasteiger partial charge is 0.204 e. The van der Waals surface area contributed by atoms with E-state index in [9.17, 15) is 4.79 Å². The van der Waals surface area contributed by atoms with Crippen molar-refractivity contribution in [3.05, 3.63) is 28.2 Å². The van der Waals surface area contributed by atoms with Crippen LogP contribution in [0, 0.1) is 0 Å². The Morgan fingerprint density at radius 2 is 2.50 bits per heavy atom. The molecule has 0 aliphatic rings. The first-order valence-corrected chi connectivity index (χ1v) is 3.36. The molecule has 0 aliphatic carbocycles. The molecule has 3 nitrogen and oxygen atoms in total. The van der Waals surface area contributed by atoms with Crippen molar-refractivity contribution < 1.29 is 0 Å². The van der Waals surface area contributed by atoms with Gasteiger partial charge in [-0.25, -0.2) is 0 Å². The molecule has 0 N–H and O–H groups in total. The van der Waals surface area contributed by atoms with E-state index in [0.717, 1.165) is 0 Å². The zero-order valence-corrected chi connectivity index (χ0v) is 6.30. The van der Waals surface area contributed by atoms with E-state index < -0.39 is 0 Å². The first-order valence-electron chi connectivity index (χ1n) is 2.83. The second-order valence-electron chi connectivity index (χ2n) is 1.93. The Morgan fingerprint density at radius 1 is 1.80 bits per heavy atom. The van der Waals surface area contributed by atoms with Crippen LogP contribution in [0.15, 0.2) is 17.1 Å². The van der Waals surface area contributed by atoms with Crippen LogP contribution in [0.2, 0.25) is 0 Å². The van der Waals surface area contributed by atoms with Gasteiger partial charge in [0.2, 0.25) is 5.43 Å². The minimum atomic E-state index is -0.104. The number of hydrogen-bond acceptors (Lipinski definition) is 2. The number of aromatic nitrogens is 2. The van der Waals surface area contributed by atoms with Crippen molar-refractivity contribution >= 4 is 11.6 Å². The molecule has 0 fully saturated rings. The molecule has 10 heavy (non-hydrogen) atoms. The topological polar surface area (TPSA) is 34.9 Å². The molecule has 1 heterocycles. The van der Waals surface area contributed by atoms with Gasteiger partial charge in [0.1, 0.15) is 5.69 Å². The molecule has 0 saturated heterocycles.